The Balaban J connectivity index is 1.74. The van der Waals surface area contributed by atoms with Crippen molar-refractivity contribution in [3.63, 3.8) is 0 Å². The Kier molecular flexibility index (Phi) is 7.71. The summed E-state index contributed by atoms with van der Waals surface area (Å²) >= 11 is 0. The molecule has 172 valence electrons. The van der Waals surface area contributed by atoms with Gasteiger partial charge in [-0.05, 0) is 32.4 Å². The molecule has 1 aliphatic rings. The lowest BCUT2D eigenvalue weighted by atomic mass is 10.1. The highest BCUT2D eigenvalue weighted by Crippen LogP contribution is 2.18. The number of esters is 1. The van der Waals surface area contributed by atoms with Gasteiger partial charge in [-0.25, -0.2) is 14.8 Å². The number of hydrogen-bond donors (Lipinski definition) is 0. The lowest BCUT2D eigenvalue weighted by Gasteiger charge is -2.39. The van der Waals surface area contributed by atoms with Crippen LogP contribution in [0.3, 0.4) is 0 Å². The van der Waals surface area contributed by atoms with E-state index in [0.717, 1.165) is 5.56 Å². The highest BCUT2D eigenvalue weighted by molar-refractivity contribution is 6.04. The molecular weight excluding hydrogens is 420 g/mol. The van der Waals surface area contributed by atoms with Crippen molar-refractivity contribution < 1.29 is 19.1 Å². The van der Waals surface area contributed by atoms with E-state index >= 15 is 0 Å². The number of aromatic nitrogens is 2. The van der Waals surface area contributed by atoms with E-state index in [1.54, 1.807) is 35.8 Å². The minimum Gasteiger partial charge on any atom is -0.458 e. The Morgan fingerprint density at radius 2 is 1.88 bits per heavy atom. The molecule has 1 unspecified atom stereocenters. The predicted molar refractivity (Wildman–Crippen MR) is 125 cm³/mol. The molecule has 0 saturated carbocycles. The first kappa shape index (κ1) is 23.8. The molecule has 1 fully saturated rings. The van der Waals surface area contributed by atoms with Gasteiger partial charge in [-0.15, -0.1) is 0 Å². The van der Waals surface area contributed by atoms with Crippen LogP contribution < -0.4 is 0 Å². The Morgan fingerprint density at radius 3 is 2.55 bits per heavy atom. The quantitative estimate of drug-likeness (QED) is 0.383. The minimum atomic E-state index is -0.663. The van der Waals surface area contributed by atoms with E-state index in [1.165, 1.54) is 6.08 Å². The summed E-state index contributed by atoms with van der Waals surface area (Å²) in [5.41, 5.74) is 1.40. The first-order valence-electron chi connectivity index (χ1n) is 10.8. The van der Waals surface area contributed by atoms with Crippen molar-refractivity contribution in [2.24, 2.45) is 0 Å². The van der Waals surface area contributed by atoms with E-state index in [2.05, 4.69) is 16.5 Å². The molecule has 1 saturated heterocycles. The molecule has 1 aliphatic heterocycles. The fraction of sp³-hybridized carbons (Fsp3) is 0.320. The van der Waals surface area contributed by atoms with Gasteiger partial charge in [0.25, 0.3) is 5.91 Å². The molecule has 1 atom stereocenters. The zero-order chi connectivity index (χ0) is 24.0. The van der Waals surface area contributed by atoms with E-state index in [-0.39, 0.29) is 35.7 Å². The molecule has 1 aromatic carbocycles. The van der Waals surface area contributed by atoms with Crippen LogP contribution in [0, 0.1) is 13.8 Å². The molecule has 0 bridgehead atoms. The van der Waals surface area contributed by atoms with Gasteiger partial charge in [0.15, 0.2) is 0 Å². The molecule has 2 heterocycles. The maximum Gasteiger partial charge on any atom is 0.342 e. The number of ether oxygens (including phenoxy) is 1. The number of amides is 2. The number of piperazine rings is 1. The Morgan fingerprint density at radius 1 is 1.15 bits per heavy atom. The fourth-order valence-corrected chi connectivity index (χ4v) is 3.77. The van der Waals surface area contributed by atoms with Crippen molar-refractivity contribution in [1.82, 2.24) is 19.8 Å². The zero-order valence-electron chi connectivity index (χ0n) is 19.2. The van der Waals surface area contributed by atoms with Gasteiger partial charge in [0.2, 0.25) is 5.91 Å². The van der Waals surface area contributed by atoms with Crippen LogP contribution in [-0.4, -0.2) is 69.8 Å². The molecule has 2 amide bonds. The normalized spacial score (nSPS) is 16.0. The number of hydrogen-bond acceptors (Lipinski definition) is 6. The van der Waals surface area contributed by atoms with Crippen molar-refractivity contribution in [2.45, 2.75) is 26.8 Å². The van der Waals surface area contributed by atoms with Crippen LogP contribution in [0.25, 0.3) is 6.08 Å². The van der Waals surface area contributed by atoms with Crippen molar-refractivity contribution in [2.75, 3.05) is 26.2 Å². The molecule has 8 heteroatoms. The van der Waals surface area contributed by atoms with Gasteiger partial charge in [0, 0.05) is 31.8 Å². The predicted octanol–water partition coefficient (Wildman–Crippen LogP) is 2.82. The standard InChI is InChI=1S/C25H28N4O4/c1-5-15-33-25(32)22-18(3)26-19(4)27-23(22)24(31)28-13-14-29(17(2)16-28)21(30)12-11-20-9-7-6-8-10-20/h5-12,17H,1,13-16H2,2-4H3/b12-11+. The second kappa shape index (κ2) is 10.7. The SMILES string of the molecule is C=CCOC(=O)c1c(C)nc(C)nc1C(=O)N1CCN(C(=O)/C=C/c2ccccc2)C(C)C1. The maximum absolute atomic E-state index is 13.3. The lowest BCUT2D eigenvalue weighted by Crippen LogP contribution is -2.55. The molecule has 2 aromatic rings. The smallest absolute Gasteiger partial charge is 0.342 e. The number of carbonyl (C=O) groups excluding carboxylic acids is 3. The molecule has 8 nitrogen and oxygen atoms in total. The second-order valence-corrected chi connectivity index (χ2v) is 7.84. The number of carbonyl (C=O) groups is 3. The van der Waals surface area contributed by atoms with Gasteiger partial charge in [0.05, 0.1) is 5.69 Å². The maximum atomic E-state index is 13.3. The molecule has 0 N–H and O–H groups in total. The minimum absolute atomic E-state index is 0.0185. The highest BCUT2D eigenvalue weighted by atomic mass is 16.5. The second-order valence-electron chi connectivity index (χ2n) is 7.84. The third-order valence-corrected chi connectivity index (χ3v) is 5.36. The van der Waals surface area contributed by atoms with Crippen LogP contribution in [0.2, 0.25) is 0 Å². The first-order chi connectivity index (χ1) is 15.8. The summed E-state index contributed by atoms with van der Waals surface area (Å²) in [5, 5.41) is 0. The van der Waals surface area contributed by atoms with Gasteiger partial charge >= 0.3 is 5.97 Å². The van der Waals surface area contributed by atoms with Gasteiger partial charge in [-0.2, -0.15) is 0 Å². The number of rotatable bonds is 6. The topological polar surface area (TPSA) is 92.7 Å². The summed E-state index contributed by atoms with van der Waals surface area (Å²) in [7, 11) is 0. The van der Waals surface area contributed by atoms with Gasteiger partial charge in [-0.3, -0.25) is 9.59 Å². The molecule has 33 heavy (non-hydrogen) atoms. The summed E-state index contributed by atoms with van der Waals surface area (Å²) in [5.74, 6) is -0.763. The molecule has 0 spiro atoms. The van der Waals surface area contributed by atoms with Crippen molar-refractivity contribution in [1.29, 1.82) is 0 Å². The van der Waals surface area contributed by atoms with Crippen LogP contribution in [0.15, 0.2) is 49.1 Å². The van der Waals surface area contributed by atoms with Gasteiger partial charge in [0.1, 0.15) is 23.7 Å². The van der Waals surface area contributed by atoms with Crippen LogP contribution >= 0.6 is 0 Å². The van der Waals surface area contributed by atoms with E-state index in [4.69, 9.17) is 4.74 Å². The zero-order valence-corrected chi connectivity index (χ0v) is 19.2. The highest BCUT2D eigenvalue weighted by Gasteiger charge is 2.33. The van der Waals surface area contributed by atoms with E-state index in [1.807, 2.05) is 37.3 Å². The van der Waals surface area contributed by atoms with Gasteiger partial charge < -0.3 is 14.5 Å². The van der Waals surface area contributed by atoms with Crippen LogP contribution in [-0.2, 0) is 9.53 Å². The largest absolute Gasteiger partial charge is 0.458 e. The van der Waals surface area contributed by atoms with Crippen LogP contribution in [0.4, 0.5) is 0 Å². The van der Waals surface area contributed by atoms with E-state index < -0.39 is 5.97 Å². The molecule has 3 rings (SSSR count). The molecular formula is C25H28N4O4. The molecule has 1 aromatic heterocycles. The van der Waals surface area contributed by atoms with Crippen LogP contribution in [0.1, 0.15) is 44.9 Å². The Labute approximate surface area is 193 Å². The fourth-order valence-electron chi connectivity index (χ4n) is 3.77. The Hall–Kier alpha value is -3.81. The number of benzene rings is 1. The van der Waals surface area contributed by atoms with Crippen LogP contribution in [0.5, 0.6) is 0 Å². The first-order valence-corrected chi connectivity index (χ1v) is 10.8. The average molecular weight is 449 g/mol. The Bertz CT molecular complexity index is 1080. The van der Waals surface area contributed by atoms with Crippen molar-refractivity contribution >= 4 is 23.9 Å². The van der Waals surface area contributed by atoms with Crippen molar-refractivity contribution in [3.05, 3.63) is 77.4 Å². The third-order valence-electron chi connectivity index (χ3n) is 5.36. The summed E-state index contributed by atoms with van der Waals surface area (Å²) in [6.07, 6.45) is 4.78. The number of nitrogens with zero attached hydrogens (tertiary/aromatic N) is 4. The summed E-state index contributed by atoms with van der Waals surface area (Å²) in [6.45, 7) is 9.80. The van der Waals surface area contributed by atoms with E-state index in [0.29, 0.717) is 31.2 Å². The number of aryl methyl sites for hydroxylation is 2. The van der Waals surface area contributed by atoms with Crippen molar-refractivity contribution in [3.8, 4) is 0 Å². The summed E-state index contributed by atoms with van der Waals surface area (Å²) in [6, 6.07) is 9.39. The average Bonchev–Trinajstić information content (AvgIpc) is 2.80. The monoisotopic (exact) mass is 448 g/mol. The third kappa shape index (κ3) is 5.71. The summed E-state index contributed by atoms with van der Waals surface area (Å²) < 4.78 is 5.14. The molecule has 0 radical (unpaired) electrons. The van der Waals surface area contributed by atoms with Gasteiger partial charge in [-0.1, -0.05) is 43.0 Å². The lowest BCUT2D eigenvalue weighted by molar-refractivity contribution is -0.129. The summed E-state index contributed by atoms with van der Waals surface area (Å²) in [4.78, 5) is 50.4. The van der Waals surface area contributed by atoms with E-state index in [9.17, 15) is 14.4 Å². The molecule has 0 aliphatic carbocycles.